The predicted molar refractivity (Wildman–Crippen MR) is 103 cm³/mol. The lowest BCUT2D eigenvalue weighted by atomic mass is 10.0. The van der Waals surface area contributed by atoms with Gasteiger partial charge in [0, 0.05) is 19.1 Å². The van der Waals surface area contributed by atoms with Crippen LogP contribution in [-0.4, -0.2) is 59.4 Å². The smallest absolute Gasteiger partial charge is 0.277 e. The van der Waals surface area contributed by atoms with Crippen molar-refractivity contribution in [1.82, 2.24) is 18.9 Å². The molecule has 1 aliphatic rings. The first-order chi connectivity index (χ1) is 13.1. The lowest BCUT2D eigenvalue weighted by Crippen LogP contribution is -2.51. The normalized spacial score (nSPS) is 16.8. The maximum atomic E-state index is 12.8. The highest BCUT2D eigenvalue weighted by molar-refractivity contribution is 7.86. The molecule has 8 nitrogen and oxygen atoms in total. The van der Waals surface area contributed by atoms with E-state index in [4.69, 9.17) is 16.7 Å². The van der Waals surface area contributed by atoms with Crippen LogP contribution >= 0.6 is 11.6 Å². The van der Waals surface area contributed by atoms with Gasteiger partial charge in [-0.05, 0) is 30.4 Å². The molecule has 0 radical (unpaired) electrons. The maximum Gasteiger partial charge on any atom is 0.277 e. The molecule has 0 aliphatic carbocycles. The van der Waals surface area contributed by atoms with E-state index in [0.29, 0.717) is 41.2 Å². The molecule has 0 saturated carbocycles. The van der Waals surface area contributed by atoms with E-state index < -0.39 is 29.2 Å². The van der Waals surface area contributed by atoms with E-state index in [1.54, 1.807) is 4.52 Å². The molecule has 12 heteroatoms. The summed E-state index contributed by atoms with van der Waals surface area (Å²) in [5.41, 5.74) is 1.81. The number of piperidine rings is 1. The lowest BCUT2D eigenvalue weighted by Gasteiger charge is -2.37. The molecule has 156 valence electrons. The Labute approximate surface area is 167 Å². The molecule has 0 atom stereocenters. The van der Waals surface area contributed by atoms with Crippen molar-refractivity contribution in [2.24, 2.45) is 5.14 Å². The van der Waals surface area contributed by atoms with Crippen molar-refractivity contribution in [1.29, 1.82) is 0 Å². The van der Waals surface area contributed by atoms with Gasteiger partial charge in [0.05, 0.1) is 6.54 Å². The first-order valence-corrected chi connectivity index (χ1v) is 10.8. The van der Waals surface area contributed by atoms with Crippen molar-refractivity contribution in [2.75, 3.05) is 24.5 Å². The van der Waals surface area contributed by atoms with E-state index in [1.807, 2.05) is 24.8 Å². The summed E-state index contributed by atoms with van der Waals surface area (Å²) in [6, 6.07) is 1.29. The number of hydrogen-bond donors (Lipinski definition) is 1. The molecule has 0 unspecified atom stereocenters. The van der Waals surface area contributed by atoms with Gasteiger partial charge in [-0.15, -0.1) is 0 Å². The Hall–Kier alpha value is -1.56. The summed E-state index contributed by atoms with van der Waals surface area (Å²) in [6.07, 6.45) is -0.637. The van der Waals surface area contributed by atoms with Crippen molar-refractivity contribution in [3.05, 3.63) is 23.1 Å². The number of halogens is 3. The predicted octanol–water partition coefficient (Wildman–Crippen LogP) is 2.25. The standard InChI is InChI=1S/C16H23ClF2N6O2S/c1-10(2)12-7-13(17)25-15(12)16(21-9-22-25)23-5-3-11(4-6-23)24(8-14(18)19)28(20,26)27/h7,9-11,14H,3-6,8H2,1-2H3,(H2,20,26,27). The van der Waals surface area contributed by atoms with Crippen LogP contribution < -0.4 is 10.0 Å². The van der Waals surface area contributed by atoms with Crippen LogP contribution in [0.5, 0.6) is 0 Å². The van der Waals surface area contributed by atoms with E-state index in [9.17, 15) is 17.2 Å². The monoisotopic (exact) mass is 436 g/mol. The largest absolute Gasteiger partial charge is 0.355 e. The molecular weight excluding hydrogens is 414 g/mol. The van der Waals surface area contributed by atoms with E-state index in [1.165, 1.54) is 6.33 Å². The molecule has 1 aliphatic heterocycles. The fourth-order valence-electron chi connectivity index (χ4n) is 3.65. The molecule has 3 heterocycles. The van der Waals surface area contributed by atoms with E-state index in [-0.39, 0.29) is 5.92 Å². The van der Waals surface area contributed by atoms with Crippen LogP contribution in [0.2, 0.25) is 5.15 Å². The van der Waals surface area contributed by atoms with Gasteiger partial charge in [-0.1, -0.05) is 25.4 Å². The van der Waals surface area contributed by atoms with E-state index >= 15 is 0 Å². The molecule has 0 aromatic carbocycles. The summed E-state index contributed by atoms with van der Waals surface area (Å²) >= 11 is 6.29. The molecule has 2 N–H and O–H groups in total. The molecule has 0 bridgehead atoms. The first kappa shape index (κ1) is 21.2. The van der Waals surface area contributed by atoms with Gasteiger partial charge in [0.25, 0.3) is 16.6 Å². The SMILES string of the molecule is CC(C)c1cc(Cl)n2ncnc(N3CCC(N(CC(F)F)S(N)(=O)=O)CC3)c12. The van der Waals surface area contributed by atoms with Crippen LogP contribution in [0.4, 0.5) is 14.6 Å². The molecule has 1 fully saturated rings. The van der Waals surface area contributed by atoms with Crippen molar-refractivity contribution >= 4 is 33.1 Å². The Kier molecular flexibility index (Phi) is 6.08. The molecular formula is C16H23ClF2N6O2S. The zero-order valence-electron chi connectivity index (χ0n) is 15.6. The molecule has 0 spiro atoms. The van der Waals surface area contributed by atoms with Gasteiger partial charge in [0.15, 0.2) is 5.82 Å². The maximum absolute atomic E-state index is 12.8. The minimum absolute atomic E-state index is 0.203. The Morgan fingerprint density at radius 2 is 2.00 bits per heavy atom. The Morgan fingerprint density at radius 1 is 1.36 bits per heavy atom. The summed E-state index contributed by atoms with van der Waals surface area (Å²) in [5, 5.41) is 9.84. The molecule has 2 aromatic rings. The van der Waals surface area contributed by atoms with Gasteiger partial charge in [-0.25, -0.2) is 23.4 Å². The molecule has 3 rings (SSSR count). The fraction of sp³-hybridized carbons (Fsp3) is 0.625. The summed E-state index contributed by atoms with van der Waals surface area (Å²) in [7, 11) is -4.20. The molecule has 28 heavy (non-hydrogen) atoms. The Morgan fingerprint density at radius 3 is 2.54 bits per heavy atom. The average Bonchev–Trinajstić information content (AvgIpc) is 2.96. The van der Waals surface area contributed by atoms with Gasteiger partial charge in [-0.2, -0.15) is 17.8 Å². The average molecular weight is 437 g/mol. The highest BCUT2D eigenvalue weighted by Gasteiger charge is 2.33. The Balaban J connectivity index is 1.86. The quantitative estimate of drug-likeness (QED) is 0.749. The number of fused-ring (bicyclic) bond motifs is 1. The second kappa shape index (κ2) is 8.05. The number of anilines is 1. The third-order valence-electron chi connectivity index (χ3n) is 4.96. The van der Waals surface area contributed by atoms with Gasteiger partial charge >= 0.3 is 0 Å². The topological polar surface area (TPSA) is 96.8 Å². The number of alkyl halides is 2. The van der Waals surface area contributed by atoms with Crippen LogP contribution in [0.1, 0.15) is 38.2 Å². The van der Waals surface area contributed by atoms with Crippen molar-refractivity contribution in [3.8, 4) is 0 Å². The van der Waals surface area contributed by atoms with Crippen molar-refractivity contribution in [2.45, 2.75) is 45.1 Å². The Bertz CT molecular complexity index is 944. The highest BCUT2D eigenvalue weighted by atomic mass is 35.5. The van der Waals surface area contributed by atoms with Gasteiger partial charge in [-0.3, -0.25) is 0 Å². The molecule has 0 amide bonds. The summed E-state index contributed by atoms with van der Waals surface area (Å²) in [5.74, 6) is 0.897. The summed E-state index contributed by atoms with van der Waals surface area (Å²) in [4.78, 5) is 6.41. The lowest BCUT2D eigenvalue weighted by molar-refractivity contribution is 0.101. The van der Waals surface area contributed by atoms with Crippen molar-refractivity contribution < 1.29 is 17.2 Å². The minimum atomic E-state index is -4.20. The fourth-order valence-corrected chi connectivity index (χ4v) is 4.84. The van der Waals surface area contributed by atoms with E-state index in [2.05, 4.69) is 10.1 Å². The van der Waals surface area contributed by atoms with Crippen molar-refractivity contribution in [3.63, 3.8) is 0 Å². The second-order valence-electron chi connectivity index (χ2n) is 7.15. The highest BCUT2D eigenvalue weighted by Crippen LogP contribution is 2.33. The van der Waals surface area contributed by atoms with Crippen LogP contribution in [0, 0.1) is 0 Å². The molecule has 1 saturated heterocycles. The van der Waals surface area contributed by atoms with Gasteiger partial charge in [0.2, 0.25) is 0 Å². The number of rotatable bonds is 6. The third kappa shape index (κ3) is 4.22. The number of aromatic nitrogens is 3. The van der Waals surface area contributed by atoms with Crippen LogP contribution in [0.15, 0.2) is 12.4 Å². The second-order valence-corrected chi connectivity index (χ2v) is 9.03. The third-order valence-corrected chi connectivity index (χ3v) is 6.33. The van der Waals surface area contributed by atoms with Crippen LogP contribution in [0.25, 0.3) is 5.52 Å². The summed E-state index contributed by atoms with van der Waals surface area (Å²) in [6.45, 7) is 4.10. The number of nitrogens with two attached hydrogens (primary N) is 1. The van der Waals surface area contributed by atoms with Gasteiger partial charge < -0.3 is 4.90 Å². The number of hydrogen-bond acceptors (Lipinski definition) is 5. The minimum Gasteiger partial charge on any atom is -0.355 e. The van der Waals surface area contributed by atoms with Gasteiger partial charge in [0.1, 0.15) is 17.0 Å². The zero-order chi connectivity index (χ0) is 20.6. The first-order valence-electron chi connectivity index (χ1n) is 8.94. The molecule has 2 aromatic heterocycles. The van der Waals surface area contributed by atoms with E-state index in [0.717, 1.165) is 11.1 Å². The van der Waals surface area contributed by atoms with Crippen LogP contribution in [0.3, 0.4) is 0 Å². The summed E-state index contributed by atoms with van der Waals surface area (Å²) < 4.78 is 51.4. The van der Waals surface area contributed by atoms with Crippen LogP contribution in [-0.2, 0) is 10.2 Å². The number of nitrogens with zero attached hydrogens (tertiary/aromatic N) is 5. The zero-order valence-corrected chi connectivity index (χ0v) is 17.2.